The van der Waals surface area contributed by atoms with E-state index in [1.165, 1.54) is 0 Å². The molecule has 0 saturated carbocycles. The quantitative estimate of drug-likeness (QED) is 0.413. The van der Waals surface area contributed by atoms with Gasteiger partial charge < -0.3 is 14.2 Å². The van der Waals surface area contributed by atoms with Crippen LogP contribution in [-0.4, -0.2) is 17.2 Å². The lowest BCUT2D eigenvalue weighted by Crippen LogP contribution is -2.42. The monoisotopic (exact) mass is 372 g/mol. The Morgan fingerprint density at radius 3 is 2.46 bits per heavy atom. The molecule has 0 aliphatic carbocycles. The van der Waals surface area contributed by atoms with E-state index in [1.807, 2.05) is 32.9 Å². The first kappa shape index (κ1) is 16.0. The maximum absolute atomic E-state index is 8.74. The van der Waals surface area contributed by atoms with Gasteiger partial charge in [0.1, 0.15) is 6.17 Å². The number of rotatable bonds is 2. The van der Waals surface area contributed by atoms with Gasteiger partial charge in [-0.2, -0.15) is 0 Å². The summed E-state index contributed by atoms with van der Waals surface area (Å²) in [6.07, 6.45) is -0.0212. The van der Waals surface area contributed by atoms with Crippen LogP contribution in [-0.2, 0) is 0 Å². The van der Waals surface area contributed by atoms with Gasteiger partial charge in [-0.3, -0.25) is 0 Å². The summed E-state index contributed by atoms with van der Waals surface area (Å²) in [6, 6.07) is 15.9. The molecule has 4 nitrogen and oxygen atoms in total. The number of nitrogens with zero attached hydrogens (tertiary/aromatic N) is 3. The number of anilines is 3. The van der Waals surface area contributed by atoms with Crippen LogP contribution < -0.4 is 9.80 Å². The van der Waals surface area contributed by atoms with Gasteiger partial charge in [0.05, 0.1) is 18.4 Å². The van der Waals surface area contributed by atoms with Crippen molar-refractivity contribution in [2.24, 2.45) is 0 Å². The van der Waals surface area contributed by atoms with Crippen molar-refractivity contribution < 1.29 is 5.79 Å². The molecule has 0 spiro atoms. The van der Waals surface area contributed by atoms with Crippen LogP contribution in [0.1, 0.15) is 33.4 Å². The van der Waals surface area contributed by atoms with Crippen molar-refractivity contribution in [2.45, 2.75) is 46.8 Å². The summed E-state index contributed by atoms with van der Waals surface area (Å²) >= 11 is 0. The number of benzene rings is 2. The van der Waals surface area contributed by atoms with E-state index in [2.05, 4.69) is 65.0 Å². The Morgan fingerprint density at radius 2 is 1.71 bits per heavy atom. The van der Waals surface area contributed by atoms with Gasteiger partial charge in [0.2, 0.25) is 5.71 Å². The first-order chi connectivity index (χ1) is 13.8. The Bertz CT molecular complexity index is 1250. The molecule has 0 amide bonds. The molecule has 0 radical (unpaired) electrons. The summed E-state index contributed by atoms with van der Waals surface area (Å²) in [4.78, 5) is 9.06. The summed E-state index contributed by atoms with van der Waals surface area (Å²) in [5.41, 5.74) is 6.82. The van der Waals surface area contributed by atoms with Gasteiger partial charge in [-0.1, -0.05) is 24.3 Å². The smallest absolute Gasteiger partial charge is 0.227 e. The van der Waals surface area contributed by atoms with E-state index >= 15 is 0 Å². The fourth-order valence-corrected chi connectivity index (χ4v) is 4.51. The van der Waals surface area contributed by atoms with E-state index in [4.69, 9.17) is 5.79 Å². The summed E-state index contributed by atoms with van der Waals surface area (Å²) in [6.45, 7) is 10.1. The van der Waals surface area contributed by atoms with Crippen LogP contribution in [0.2, 0.25) is 0 Å². The highest BCUT2D eigenvalue weighted by atomic mass is 16.3. The van der Waals surface area contributed by atoms with E-state index in [0.29, 0.717) is 5.71 Å². The van der Waals surface area contributed by atoms with Crippen molar-refractivity contribution in [1.82, 2.24) is 4.98 Å². The molecular formula is C24H25N3O. The number of hydrogen-bond donors (Lipinski definition) is 0. The van der Waals surface area contributed by atoms with Gasteiger partial charge in [-0.25, -0.2) is 4.98 Å². The maximum atomic E-state index is 8.74. The molecule has 1 atom stereocenters. The Hall–Kier alpha value is -3.01. The second kappa shape index (κ2) is 5.99. The molecule has 0 N–H and O–H groups in total. The molecule has 2 aromatic carbocycles. The Balaban J connectivity index is 1.81. The summed E-state index contributed by atoms with van der Waals surface area (Å²) in [5, 5.41) is 2.10. The van der Waals surface area contributed by atoms with Crippen molar-refractivity contribution in [3.8, 4) is 0 Å². The van der Waals surface area contributed by atoms with Crippen LogP contribution in [0.25, 0.3) is 22.1 Å². The minimum Gasteiger partial charge on any atom is -0.435 e. The Labute approximate surface area is 166 Å². The van der Waals surface area contributed by atoms with Crippen molar-refractivity contribution in [3.05, 3.63) is 59.8 Å². The highest BCUT2D eigenvalue weighted by molar-refractivity contribution is 6.10. The average Bonchev–Trinajstić information content (AvgIpc) is 3.15. The molecule has 1 aliphatic rings. The second-order valence-corrected chi connectivity index (χ2v) is 7.82. The lowest BCUT2D eigenvalue weighted by molar-refractivity contribution is 0.601. The first-order valence-electron chi connectivity index (χ1n) is 10.2. The largest absolute Gasteiger partial charge is 0.435 e. The number of hydrogen-bond acceptors (Lipinski definition) is 4. The molecule has 142 valence electrons. The van der Waals surface area contributed by atoms with E-state index in [0.717, 1.165) is 44.7 Å². The number of aryl methyl sites for hydroxylation is 2. The summed E-state index contributed by atoms with van der Waals surface area (Å²) in [7, 11) is 0. The topological polar surface area (TPSA) is 32.5 Å². The average molecular weight is 372 g/mol. The molecule has 28 heavy (non-hydrogen) atoms. The van der Waals surface area contributed by atoms with Crippen LogP contribution >= 0.6 is 0 Å². The van der Waals surface area contributed by atoms with Crippen molar-refractivity contribution in [1.29, 1.82) is 0 Å². The molecule has 0 bridgehead atoms. The predicted octanol–water partition coefficient (Wildman–Crippen LogP) is 6.31. The van der Waals surface area contributed by atoms with Crippen molar-refractivity contribution in [2.75, 3.05) is 9.80 Å². The third-order valence-electron chi connectivity index (χ3n) is 5.69. The van der Waals surface area contributed by atoms with Gasteiger partial charge in [0.15, 0.2) is 5.58 Å². The number of furan rings is 1. The molecular weight excluding hydrogens is 346 g/mol. The molecule has 1 unspecified atom stereocenters. The van der Waals surface area contributed by atoms with Crippen molar-refractivity contribution >= 4 is 39.1 Å². The third-order valence-corrected chi connectivity index (χ3v) is 5.69. The zero-order valence-corrected chi connectivity index (χ0v) is 16.9. The van der Waals surface area contributed by atoms with Gasteiger partial charge in [0, 0.05) is 22.5 Å². The standard InChI is InChI=1S/C24H25N3O/c1-14(2)26-17(5)27(21-9-7-6-8-20(21)26)22-15(3)10-12-18-19-13-11-16(4)25-24(19)28-23(18)22/h6-14,17H,1-5H3/i14D. The highest BCUT2D eigenvalue weighted by Crippen LogP contribution is 2.48. The van der Waals surface area contributed by atoms with Crippen LogP contribution in [0.4, 0.5) is 17.1 Å². The third kappa shape index (κ3) is 2.27. The highest BCUT2D eigenvalue weighted by Gasteiger charge is 2.37. The van der Waals surface area contributed by atoms with E-state index < -0.39 is 6.02 Å². The molecule has 3 heterocycles. The van der Waals surface area contributed by atoms with Gasteiger partial charge in [-0.15, -0.1) is 0 Å². The summed E-state index contributed by atoms with van der Waals surface area (Å²) < 4.78 is 15.1. The number of pyridine rings is 1. The van der Waals surface area contributed by atoms with Gasteiger partial charge in [-0.05, 0) is 64.4 Å². The fraction of sp³-hybridized carbons (Fsp3) is 0.292. The summed E-state index contributed by atoms with van der Waals surface area (Å²) in [5.74, 6) is 0. The molecule has 0 fully saturated rings. The van der Waals surface area contributed by atoms with Crippen LogP contribution in [0.5, 0.6) is 0 Å². The Kier molecular flexibility index (Phi) is 3.42. The molecule has 0 saturated heterocycles. The molecule has 1 aliphatic heterocycles. The number of aromatic nitrogens is 1. The normalized spacial score (nSPS) is 17.5. The van der Waals surface area contributed by atoms with E-state index in [9.17, 15) is 0 Å². The van der Waals surface area contributed by atoms with Crippen LogP contribution in [0.15, 0.2) is 52.9 Å². The van der Waals surface area contributed by atoms with Crippen molar-refractivity contribution in [3.63, 3.8) is 0 Å². The fourth-order valence-electron chi connectivity index (χ4n) is 4.51. The van der Waals surface area contributed by atoms with Gasteiger partial charge >= 0.3 is 0 Å². The zero-order valence-electron chi connectivity index (χ0n) is 17.9. The van der Waals surface area contributed by atoms with Crippen LogP contribution in [0.3, 0.4) is 0 Å². The number of para-hydroxylation sites is 2. The molecule has 2 aromatic heterocycles. The number of fused-ring (bicyclic) bond motifs is 4. The van der Waals surface area contributed by atoms with E-state index in [1.54, 1.807) is 0 Å². The van der Waals surface area contributed by atoms with E-state index in [-0.39, 0.29) is 6.17 Å². The van der Waals surface area contributed by atoms with Gasteiger partial charge in [0.25, 0.3) is 0 Å². The lowest BCUT2D eigenvalue weighted by atomic mass is 10.1. The van der Waals surface area contributed by atoms with Crippen LogP contribution in [0, 0.1) is 13.8 Å². The maximum Gasteiger partial charge on any atom is 0.227 e. The predicted molar refractivity (Wildman–Crippen MR) is 117 cm³/mol. The lowest BCUT2D eigenvalue weighted by Gasteiger charge is -2.33. The molecule has 4 heteroatoms. The minimum absolute atomic E-state index is 0.0212. The minimum atomic E-state index is -0.751. The molecule has 5 rings (SSSR count). The first-order valence-corrected chi connectivity index (χ1v) is 9.74. The Morgan fingerprint density at radius 1 is 1.00 bits per heavy atom. The molecule has 4 aromatic rings. The SMILES string of the molecule is [2H]C(C)(C)N1c2ccccc2N(c2c(C)ccc3c2oc2nc(C)ccc23)C1C. The second-order valence-electron chi connectivity index (χ2n) is 7.82. The zero-order chi connectivity index (χ0) is 20.5.